The number of aryl methyl sites for hydroxylation is 1. The van der Waals surface area contributed by atoms with Crippen molar-refractivity contribution in [3.63, 3.8) is 0 Å². The van der Waals surface area contributed by atoms with E-state index in [0.717, 1.165) is 37.1 Å². The van der Waals surface area contributed by atoms with Crippen LogP contribution >= 0.6 is 11.6 Å². The maximum absolute atomic E-state index is 12.3. The van der Waals surface area contributed by atoms with Crippen LogP contribution in [-0.4, -0.2) is 62.5 Å². The molecule has 0 spiro atoms. The Morgan fingerprint density at radius 2 is 1.82 bits per heavy atom. The van der Waals surface area contributed by atoms with Crippen molar-refractivity contribution in [1.29, 1.82) is 0 Å². The van der Waals surface area contributed by atoms with E-state index in [1.54, 1.807) is 4.90 Å². The summed E-state index contributed by atoms with van der Waals surface area (Å²) in [5.74, 6) is -0.0365. The normalized spacial score (nSPS) is 16.9. The first-order valence-electron chi connectivity index (χ1n) is 11.5. The maximum Gasteiger partial charge on any atom is 0.410 e. The summed E-state index contributed by atoms with van der Waals surface area (Å²) in [4.78, 5) is 35.3. The molecule has 0 atom stereocenters. The van der Waals surface area contributed by atoms with Crippen molar-refractivity contribution in [2.24, 2.45) is 0 Å². The Labute approximate surface area is 204 Å². The van der Waals surface area contributed by atoms with Crippen LogP contribution < -0.4 is 5.32 Å². The Hall–Kier alpha value is -2.88. The minimum Gasteiger partial charge on any atom is -0.464 e. The predicted octanol–water partition coefficient (Wildman–Crippen LogP) is 4.61. The molecule has 2 aromatic heterocycles. The summed E-state index contributed by atoms with van der Waals surface area (Å²) < 4.78 is 12.3. The van der Waals surface area contributed by atoms with Crippen LogP contribution in [-0.2, 0) is 9.47 Å². The first kappa shape index (κ1) is 24.3. The fourth-order valence-corrected chi connectivity index (χ4v) is 4.21. The zero-order valence-electron chi connectivity index (χ0n) is 20.2. The second-order valence-corrected chi connectivity index (χ2v) is 10.2. The number of halogens is 1. The Bertz CT molecular complexity index is 1080. The number of carbonyl (C=O) groups excluding carboxylic acids is 2. The van der Waals surface area contributed by atoms with E-state index >= 15 is 0 Å². The van der Waals surface area contributed by atoms with Crippen molar-refractivity contribution in [1.82, 2.24) is 24.6 Å². The van der Waals surface area contributed by atoms with Crippen LogP contribution in [0.2, 0.25) is 5.15 Å². The summed E-state index contributed by atoms with van der Waals surface area (Å²) in [5, 5.41) is 8.12. The Balaban J connectivity index is 1.49. The first-order chi connectivity index (χ1) is 16.1. The summed E-state index contributed by atoms with van der Waals surface area (Å²) in [6.07, 6.45) is 5.15. The van der Waals surface area contributed by atoms with Gasteiger partial charge in [0, 0.05) is 25.2 Å². The smallest absolute Gasteiger partial charge is 0.410 e. The fraction of sp³-hybridized carbons (Fsp3) is 0.609. The highest BCUT2D eigenvalue weighted by Crippen LogP contribution is 2.42. The van der Waals surface area contributed by atoms with Gasteiger partial charge in [-0.25, -0.2) is 19.6 Å². The summed E-state index contributed by atoms with van der Waals surface area (Å²) in [6.45, 7) is 8.68. The van der Waals surface area contributed by atoms with Crippen molar-refractivity contribution in [2.45, 2.75) is 70.9 Å². The standard InChI is InChI=1S/C23H31ClN6O4/c1-13-16(25-20-18(21(31)33-5)26-19(24)17(27-20)14-6-7-14)12-30(28-13)15-8-10-29(11-9-15)22(32)34-23(2,3)4/h12,14-15H,6-11H2,1-5H3,(H,25,27). The van der Waals surface area contributed by atoms with Gasteiger partial charge in [0.2, 0.25) is 0 Å². The number of amides is 1. The number of aromatic nitrogens is 4. The molecule has 1 aliphatic carbocycles. The number of nitrogens with zero attached hydrogens (tertiary/aromatic N) is 5. The molecule has 2 aromatic rings. The van der Waals surface area contributed by atoms with Gasteiger partial charge < -0.3 is 19.7 Å². The van der Waals surface area contributed by atoms with Gasteiger partial charge in [-0.3, -0.25) is 4.68 Å². The minimum atomic E-state index is -0.612. The van der Waals surface area contributed by atoms with Gasteiger partial charge in [-0.05, 0) is 53.4 Å². The van der Waals surface area contributed by atoms with Crippen molar-refractivity contribution in [3.05, 3.63) is 28.4 Å². The van der Waals surface area contributed by atoms with Crippen LogP contribution in [0, 0.1) is 6.92 Å². The molecule has 1 saturated heterocycles. The third-order valence-electron chi connectivity index (χ3n) is 5.88. The molecule has 2 fully saturated rings. The molecule has 1 N–H and O–H groups in total. The van der Waals surface area contributed by atoms with E-state index < -0.39 is 11.6 Å². The number of likely N-dealkylation sites (tertiary alicyclic amines) is 1. The molecule has 0 aromatic carbocycles. The molecule has 34 heavy (non-hydrogen) atoms. The molecule has 0 radical (unpaired) electrons. The second kappa shape index (κ2) is 9.40. The molecule has 10 nitrogen and oxygen atoms in total. The number of piperidine rings is 1. The van der Waals surface area contributed by atoms with E-state index in [4.69, 9.17) is 21.1 Å². The van der Waals surface area contributed by atoms with Gasteiger partial charge in [0.1, 0.15) is 5.60 Å². The number of hydrogen-bond donors (Lipinski definition) is 1. The molecule has 1 saturated carbocycles. The molecular formula is C23H31ClN6O4. The Morgan fingerprint density at radius 1 is 1.15 bits per heavy atom. The topological polar surface area (TPSA) is 111 Å². The van der Waals surface area contributed by atoms with E-state index in [-0.39, 0.29) is 28.9 Å². The first-order valence-corrected chi connectivity index (χ1v) is 11.9. The van der Waals surface area contributed by atoms with Gasteiger partial charge >= 0.3 is 12.1 Å². The largest absolute Gasteiger partial charge is 0.464 e. The number of methoxy groups -OCH3 is 1. The third kappa shape index (κ3) is 5.43. The van der Waals surface area contributed by atoms with E-state index in [9.17, 15) is 9.59 Å². The number of carbonyl (C=O) groups is 2. The van der Waals surface area contributed by atoms with Crippen LogP contribution in [0.25, 0.3) is 0 Å². The number of hydrogen-bond acceptors (Lipinski definition) is 8. The zero-order chi connectivity index (χ0) is 24.6. The van der Waals surface area contributed by atoms with Gasteiger partial charge in [0.05, 0.1) is 30.2 Å². The average Bonchev–Trinajstić information content (AvgIpc) is 3.56. The average molecular weight is 491 g/mol. The monoisotopic (exact) mass is 490 g/mol. The summed E-state index contributed by atoms with van der Waals surface area (Å²) in [7, 11) is 1.30. The Kier molecular flexibility index (Phi) is 6.71. The van der Waals surface area contributed by atoms with Gasteiger partial charge in [0.25, 0.3) is 0 Å². The number of esters is 1. The summed E-state index contributed by atoms with van der Waals surface area (Å²) >= 11 is 6.28. The van der Waals surface area contributed by atoms with Crippen LogP contribution in [0.3, 0.4) is 0 Å². The summed E-state index contributed by atoms with van der Waals surface area (Å²) in [6, 6.07) is 0.145. The highest BCUT2D eigenvalue weighted by atomic mass is 35.5. The molecule has 0 unspecified atom stereocenters. The highest BCUT2D eigenvalue weighted by molar-refractivity contribution is 6.30. The third-order valence-corrected chi connectivity index (χ3v) is 6.16. The van der Waals surface area contributed by atoms with Gasteiger partial charge in [-0.2, -0.15) is 5.10 Å². The van der Waals surface area contributed by atoms with Crippen LogP contribution in [0.15, 0.2) is 6.20 Å². The van der Waals surface area contributed by atoms with Gasteiger partial charge in [-0.15, -0.1) is 0 Å². The molecule has 184 valence electrons. The van der Waals surface area contributed by atoms with Crippen LogP contribution in [0.5, 0.6) is 0 Å². The lowest BCUT2D eigenvalue weighted by molar-refractivity contribution is 0.0184. The summed E-state index contributed by atoms with van der Waals surface area (Å²) in [5.41, 5.74) is 1.69. The van der Waals surface area contributed by atoms with E-state index in [1.807, 2.05) is 38.6 Å². The molecule has 1 amide bonds. The lowest BCUT2D eigenvalue weighted by Crippen LogP contribution is -2.42. The van der Waals surface area contributed by atoms with Crippen molar-refractivity contribution >= 4 is 35.2 Å². The SMILES string of the molecule is COC(=O)c1nc(Cl)c(C2CC2)nc1Nc1cn(C2CCN(C(=O)OC(C)(C)C)CC2)nc1C. The lowest BCUT2D eigenvalue weighted by atomic mass is 10.1. The van der Waals surface area contributed by atoms with Crippen LogP contribution in [0.1, 0.15) is 80.3 Å². The predicted molar refractivity (Wildman–Crippen MR) is 127 cm³/mol. The van der Waals surface area contributed by atoms with Gasteiger partial charge in [0.15, 0.2) is 16.7 Å². The minimum absolute atomic E-state index is 0.0368. The Morgan fingerprint density at radius 3 is 2.41 bits per heavy atom. The maximum atomic E-state index is 12.3. The number of anilines is 2. The molecule has 11 heteroatoms. The van der Waals surface area contributed by atoms with Crippen molar-refractivity contribution in [2.75, 3.05) is 25.5 Å². The lowest BCUT2D eigenvalue weighted by Gasteiger charge is -2.33. The number of nitrogens with one attached hydrogen (secondary N) is 1. The quantitative estimate of drug-likeness (QED) is 0.604. The molecular weight excluding hydrogens is 460 g/mol. The zero-order valence-corrected chi connectivity index (χ0v) is 21.0. The molecule has 0 bridgehead atoms. The van der Waals surface area contributed by atoms with Crippen molar-refractivity contribution < 1.29 is 19.1 Å². The van der Waals surface area contributed by atoms with Gasteiger partial charge in [-0.1, -0.05) is 11.6 Å². The molecule has 4 rings (SSSR count). The number of ether oxygens (including phenoxy) is 2. The van der Waals surface area contributed by atoms with E-state index in [0.29, 0.717) is 24.6 Å². The van der Waals surface area contributed by atoms with E-state index in [2.05, 4.69) is 20.4 Å². The highest BCUT2D eigenvalue weighted by Gasteiger charge is 2.31. The number of rotatable bonds is 5. The van der Waals surface area contributed by atoms with E-state index in [1.165, 1.54) is 7.11 Å². The molecule has 3 heterocycles. The molecule has 1 aliphatic heterocycles. The van der Waals surface area contributed by atoms with Crippen molar-refractivity contribution in [3.8, 4) is 0 Å². The van der Waals surface area contributed by atoms with Crippen LogP contribution in [0.4, 0.5) is 16.3 Å². The molecule has 2 aliphatic rings. The fourth-order valence-electron chi connectivity index (χ4n) is 3.93. The second-order valence-electron chi connectivity index (χ2n) is 9.79.